The number of aromatic nitrogens is 3. The van der Waals surface area contributed by atoms with Gasteiger partial charge in [0.1, 0.15) is 0 Å². The molecule has 88 valence electrons. The lowest BCUT2D eigenvalue weighted by Crippen LogP contribution is -2.23. The lowest BCUT2D eigenvalue weighted by Gasteiger charge is -2.23. The molecule has 0 saturated carbocycles. The summed E-state index contributed by atoms with van der Waals surface area (Å²) in [5, 5.41) is 7.03. The third kappa shape index (κ3) is 2.22. The number of H-pyrrole nitrogens is 1. The zero-order valence-corrected chi connectivity index (χ0v) is 9.71. The molecule has 1 saturated heterocycles. The van der Waals surface area contributed by atoms with E-state index in [4.69, 9.17) is 0 Å². The quantitative estimate of drug-likeness (QED) is 0.875. The van der Waals surface area contributed by atoms with Crippen LogP contribution < -0.4 is 0 Å². The Labute approximate surface area is 101 Å². The van der Waals surface area contributed by atoms with Crippen molar-refractivity contribution in [2.45, 2.75) is 25.4 Å². The van der Waals surface area contributed by atoms with E-state index in [9.17, 15) is 0 Å². The second-order valence-electron chi connectivity index (χ2n) is 4.50. The minimum Gasteiger partial charge on any atom is -0.290 e. The first-order chi connectivity index (χ1) is 8.43. The van der Waals surface area contributed by atoms with Crippen LogP contribution in [0.15, 0.2) is 36.8 Å². The highest BCUT2D eigenvalue weighted by Crippen LogP contribution is 2.32. The van der Waals surface area contributed by atoms with Crippen LogP contribution in [-0.4, -0.2) is 26.6 Å². The van der Waals surface area contributed by atoms with Crippen LogP contribution in [0.5, 0.6) is 0 Å². The molecule has 4 heteroatoms. The molecular weight excluding hydrogens is 212 g/mol. The molecule has 0 bridgehead atoms. The first-order valence-electron chi connectivity index (χ1n) is 6.06. The summed E-state index contributed by atoms with van der Waals surface area (Å²) < 4.78 is 0. The van der Waals surface area contributed by atoms with Crippen LogP contribution in [0.25, 0.3) is 0 Å². The number of nitrogens with one attached hydrogen (secondary N) is 1. The van der Waals surface area contributed by atoms with Crippen molar-refractivity contribution in [3.63, 3.8) is 0 Å². The van der Waals surface area contributed by atoms with Gasteiger partial charge in [0.2, 0.25) is 0 Å². The maximum Gasteiger partial charge on any atom is 0.0492 e. The van der Waals surface area contributed by atoms with Gasteiger partial charge in [-0.15, -0.1) is 0 Å². The zero-order valence-electron chi connectivity index (χ0n) is 9.71. The average Bonchev–Trinajstić information content (AvgIpc) is 3.02. The maximum absolute atomic E-state index is 4.21. The Hall–Kier alpha value is -1.68. The van der Waals surface area contributed by atoms with Crippen LogP contribution in [0.4, 0.5) is 0 Å². The van der Waals surface area contributed by atoms with Gasteiger partial charge >= 0.3 is 0 Å². The van der Waals surface area contributed by atoms with Crippen LogP contribution in [0.3, 0.4) is 0 Å². The van der Waals surface area contributed by atoms with Crippen molar-refractivity contribution in [2.24, 2.45) is 0 Å². The summed E-state index contributed by atoms with van der Waals surface area (Å²) in [6.45, 7) is 2.10. The standard InChI is InChI=1S/C13H16N4/c1-3-11(9-14-6-1)13-4-2-8-17(13)10-12-5-7-15-16-12/h1,3,5-7,9,13H,2,4,8,10H2,(H,15,16). The molecule has 0 radical (unpaired) electrons. The number of aromatic amines is 1. The molecule has 1 aliphatic heterocycles. The summed E-state index contributed by atoms with van der Waals surface area (Å²) in [5.74, 6) is 0. The molecule has 2 aromatic heterocycles. The van der Waals surface area contributed by atoms with Gasteiger partial charge in [0.25, 0.3) is 0 Å². The molecule has 1 unspecified atom stereocenters. The van der Waals surface area contributed by atoms with E-state index >= 15 is 0 Å². The van der Waals surface area contributed by atoms with E-state index in [-0.39, 0.29) is 0 Å². The van der Waals surface area contributed by atoms with Crippen LogP contribution in [0, 0.1) is 0 Å². The first-order valence-corrected chi connectivity index (χ1v) is 6.06. The molecule has 2 aromatic rings. The molecule has 17 heavy (non-hydrogen) atoms. The Morgan fingerprint density at radius 2 is 2.35 bits per heavy atom. The van der Waals surface area contributed by atoms with Crippen LogP contribution >= 0.6 is 0 Å². The van der Waals surface area contributed by atoms with E-state index in [2.05, 4.69) is 26.1 Å². The Morgan fingerprint density at radius 3 is 3.12 bits per heavy atom. The topological polar surface area (TPSA) is 44.8 Å². The predicted molar refractivity (Wildman–Crippen MR) is 65.2 cm³/mol. The molecule has 1 atom stereocenters. The van der Waals surface area contributed by atoms with Gasteiger partial charge in [0.15, 0.2) is 0 Å². The van der Waals surface area contributed by atoms with Gasteiger partial charge in [-0.1, -0.05) is 6.07 Å². The Kier molecular flexibility index (Phi) is 2.88. The van der Waals surface area contributed by atoms with E-state index in [0.29, 0.717) is 6.04 Å². The molecule has 0 amide bonds. The molecule has 0 aliphatic carbocycles. The summed E-state index contributed by atoms with van der Waals surface area (Å²) >= 11 is 0. The lowest BCUT2D eigenvalue weighted by molar-refractivity contribution is 0.245. The smallest absolute Gasteiger partial charge is 0.0492 e. The van der Waals surface area contributed by atoms with Crippen molar-refractivity contribution < 1.29 is 0 Å². The van der Waals surface area contributed by atoms with Gasteiger partial charge in [0, 0.05) is 36.9 Å². The van der Waals surface area contributed by atoms with Crippen LogP contribution in [0.2, 0.25) is 0 Å². The highest BCUT2D eigenvalue weighted by atomic mass is 15.2. The number of hydrogen-bond acceptors (Lipinski definition) is 3. The van der Waals surface area contributed by atoms with Gasteiger partial charge in [-0.25, -0.2) is 0 Å². The van der Waals surface area contributed by atoms with Crippen molar-refractivity contribution in [1.29, 1.82) is 0 Å². The molecule has 1 fully saturated rings. The highest BCUT2D eigenvalue weighted by molar-refractivity contribution is 5.15. The Bertz CT molecular complexity index is 452. The number of rotatable bonds is 3. The van der Waals surface area contributed by atoms with Gasteiger partial charge in [0.05, 0.1) is 0 Å². The predicted octanol–water partition coefficient (Wildman–Crippen LogP) is 2.14. The van der Waals surface area contributed by atoms with Gasteiger partial charge in [-0.05, 0) is 37.1 Å². The van der Waals surface area contributed by atoms with Crippen LogP contribution in [-0.2, 0) is 6.54 Å². The summed E-state index contributed by atoms with van der Waals surface area (Å²) in [6.07, 6.45) is 8.10. The van der Waals surface area contributed by atoms with Crippen molar-refractivity contribution in [3.05, 3.63) is 48.0 Å². The molecule has 1 N–H and O–H groups in total. The maximum atomic E-state index is 4.21. The Balaban J connectivity index is 1.76. The monoisotopic (exact) mass is 228 g/mol. The van der Waals surface area contributed by atoms with E-state index in [0.717, 1.165) is 13.1 Å². The fraction of sp³-hybridized carbons (Fsp3) is 0.385. The summed E-state index contributed by atoms with van der Waals surface area (Å²) in [7, 11) is 0. The third-order valence-electron chi connectivity index (χ3n) is 3.36. The van der Waals surface area contributed by atoms with E-state index in [1.165, 1.54) is 24.1 Å². The zero-order chi connectivity index (χ0) is 11.5. The molecule has 0 aromatic carbocycles. The van der Waals surface area contributed by atoms with Crippen molar-refractivity contribution in [1.82, 2.24) is 20.1 Å². The molecule has 3 rings (SSSR count). The fourth-order valence-corrected chi connectivity index (χ4v) is 2.56. The SMILES string of the molecule is c1cncc(C2CCCN2Cc2ccn[nH]2)c1. The summed E-state index contributed by atoms with van der Waals surface area (Å²) in [4.78, 5) is 6.70. The number of likely N-dealkylation sites (tertiary alicyclic amines) is 1. The van der Waals surface area contributed by atoms with E-state index < -0.39 is 0 Å². The average molecular weight is 228 g/mol. The molecule has 3 heterocycles. The van der Waals surface area contributed by atoms with Gasteiger partial charge in [-0.2, -0.15) is 5.10 Å². The Morgan fingerprint density at radius 1 is 1.35 bits per heavy atom. The van der Waals surface area contributed by atoms with Gasteiger partial charge in [-0.3, -0.25) is 15.0 Å². The molecular formula is C13H16N4. The number of hydrogen-bond donors (Lipinski definition) is 1. The highest BCUT2D eigenvalue weighted by Gasteiger charge is 2.26. The normalized spacial score (nSPS) is 20.8. The molecule has 4 nitrogen and oxygen atoms in total. The van der Waals surface area contributed by atoms with Gasteiger partial charge < -0.3 is 0 Å². The first kappa shape index (κ1) is 10.5. The molecule has 0 spiro atoms. The number of pyridine rings is 1. The fourth-order valence-electron chi connectivity index (χ4n) is 2.56. The minimum absolute atomic E-state index is 0.506. The molecule has 1 aliphatic rings. The second kappa shape index (κ2) is 4.67. The van der Waals surface area contributed by atoms with Crippen LogP contribution in [0.1, 0.15) is 30.1 Å². The van der Waals surface area contributed by atoms with E-state index in [1.807, 2.05) is 30.7 Å². The minimum atomic E-state index is 0.506. The third-order valence-corrected chi connectivity index (χ3v) is 3.36. The van der Waals surface area contributed by atoms with Crippen molar-refractivity contribution in [2.75, 3.05) is 6.54 Å². The second-order valence-corrected chi connectivity index (χ2v) is 4.50. The largest absolute Gasteiger partial charge is 0.290 e. The van der Waals surface area contributed by atoms with Crippen molar-refractivity contribution >= 4 is 0 Å². The summed E-state index contributed by atoms with van der Waals surface area (Å²) in [6, 6.07) is 6.73. The van der Waals surface area contributed by atoms with E-state index in [1.54, 1.807) is 0 Å². The summed E-state index contributed by atoms with van der Waals surface area (Å²) in [5.41, 5.74) is 2.50. The lowest BCUT2D eigenvalue weighted by atomic mass is 10.1. The van der Waals surface area contributed by atoms with Crippen molar-refractivity contribution in [3.8, 4) is 0 Å². The number of nitrogens with zero attached hydrogens (tertiary/aromatic N) is 3.